The molecule has 0 unspecified atom stereocenters. The number of anilines is 1. The molecular weight excluding hydrogens is 190 g/mol. The molecule has 1 fully saturated rings. The zero-order valence-electron chi connectivity index (χ0n) is 8.96. The van der Waals surface area contributed by atoms with Gasteiger partial charge in [-0.15, -0.1) is 0 Å². The van der Waals surface area contributed by atoms with Crippen LogP contribution in [-0.2, 0) is 13.0 Å². The van der Waals surface area contributed by atoms with E-state index in [0.717, 1.165) is 44.2 Å². The molecule has 0 bridgehead atoms. The SMILES string of the molecule is C1CCN(c2onc3c2CNCC3)CC1. The topological polar surface area (TPSA) is 41.3 Å². The minimum atomic E-state index is 0.921. The Balaban J connectivity index is 1.87. The first kappa shape index (κ1) is 9.21. The lowest BCUT2D eigenvalue weighted by Crippen LogP contribution is -2.31. The molecule has 15 heavy (non-hydrogen) atoms. The third-order valence-electron chi connectivity index (χ3n) is 3.33. The molecule has 1 saturated heterocycles. The summed E-state index contributed by atoms with van der Waals surface area (Å²) in [7, 11) is 0. The van der Waals surface area contributed by atoms with E-state index in [-0.39, 0.29) is 0 Å². The molecule has 4 heteroatoms. The van der Waals surface area contributed by atoms with Gasteiger partial charge < -0.3 is 14.7 Å². The molecular formula is C11H17N3O. The van der Waals surface area contributed by atoms with Gasteiger partial charge in [-0.1, -0.05) is 5.16 Å². The summed E-state index contributed by atoms with van der Waals surface area (Å²) in [6.07, 6.45) is 4.92. The number of nitrogens with zero attached hydrogens (tertiary/aromatic N) is 2. The average molecular weight is 207 g/mol. The van der Waals surface area contributed by atoms with Gasteiger partial charge in [0.25, 0.3) is 0 Å². The number of aromatic nitrogens is 1. The smallest absolute Gasteiger partial charge is 0.232 e. The van der Waals surface area contributed by atoms with E-state index in [9.17, 15) is 0 Å². The summed E-state index contributed by atoms with van der Waals surface area (Å²) in [6, 6.07) is 0. The molecule has 1 aromatic heterocycles. The predicted octanol–water partition coefficient (Wildman–Crippen LogP) is 1.31. The van der Waals surface area contributed by atoms with Crippen LogP contribution in [0.25, 0.3) is 0 Å². The van der Waals surface area contributed by atoms with Gasteiger partial charge in [0.05, 0.1) is 11.3 Å². The number of piperidine rings is 1. The summed E-state index contributed by atoms with van der Waals surface area (Å²) >= 11 is 0. The predicted molar refractivity (Wildman–Crippen MR) is 58.0 cm³/mol. The maximum Gasteiger partial charge on any atom is 0.232 e. The molecule has 4 nitrogen and oxygen atoms in total. The Bertz CT molecular complexity index is 342. The number of hydrogen-bond acceptors (Lipinski definition) is 4. The van der Waals surface area contributed by atoms with Crippen LogP contribution in [0.2, 0.25) is 0 Å². The van der Waals surface area contributed by atoms with Crippen molar-refractivity contribution in [2.75, 3.05) is 24.5 Å². The maximum atomic E-state index is 5.49. The van der Waals surface area contributed by atoms with Gasteiger partial charge in [0.1, 0.15) is 0 Å². The van der Waals surface area contributed by atoms with E-state index in [1.165, 1.54) is 24.8 Å². The van der Waals surface area contributed by atoms with Gasteiger partial charge in [-0.2, -0.15) is 0 Å². The molecule has 0 radical (unpaired) electrons. The van der Waals surface area contributed by atoms with Gasteiger partial charge >= 0.3 is 0 Å². The van der Waals surface area contributed by atoms with E-state index in [4.69, 9.17) is 4.52 Å². The van der Waals surface area contributed by atoms with Gasteiger partial charge in [0.15, 0.2) is 0 Å². The molecule has 0 saturated carbocycles. The van der Waals surface area contributed by atoms with E-state index < -0.39 is 0 Å². The van der Waals surface area contributed by atoms with Gasteiger partial charge in [-0.3, -0.25) is 0 Å². The first-order chi connectivity index (χ1) is 7.45. The quantitative estimate of drug-likeness (QED) is 0.754. The molecule has 2 aliphatic rings. The third-order valence-corrected chi connectivity index (χ3v) is 3.33. The molecule has 0 spiro atoms. The van der Waals surface area contributed by atoms with Crippen LogP contribution in [0.3, 0.4) is 0 Å². The highest BCUT2D eigenvalue weighted by molar-refractivity contribution is 5.47. The van der Waals surface area contributed by atoms with E-state index in [0.29, 0.717) is 0 Å². The molecule has 2 aliphatic heterocycles. The van der Waals surface area contributed by atoms with Crippen LogP contribution in [0.1, 0.15) is 30.5 Å². The Hall–Kier alpha value is -1.03. The van der Waals surface area contributed by atoms with Crippen molar-refractivity contribution in [2.45, 2.75) is 32.2 Å². The van der Waals surface area contributed by atoms with Crippen molar-refractivity contribution in [1.82, 2.24) is 10.5 Å². The zero-order valence-corrected chi connectivity index (χ0v) is 8.96. The summed E-state index contributed by atoms with van der Waals surface area (Å²) in [6.45, 7) is 4.20. The van der Waals surface area contributed by atoms with Gasteiger partial charge in [0.2, 0.25) is 5.88 Å². The fourth-order valence-electron chi connectivity index (χ4n) is 2.47. The highest BCUT2D eigenvalue weighted by Crippen LogP contribution is 2.28. The van der Waals surface area contributed by atoms with Crippen molar-refractivity contribution >= 4 is 5.88 Å². The monoisotopic (exact) mass is 207 g/mol. The molecule has 0 amide bonds. The van der Waals surface area contributed by atoms with Crippen LogP contribution >= 0.6 is 0 Å². The van der Waals surface area contributed by atoms with E-state index >= 15 is 0 Å². The lowest BCUT2D eigenvalue weighted by Gasteiger charge is -2.27. The van der Waals surface area contributed by atoms with Crippen molar-refractivity contribution in [3.05, 3.63) is 11.3 Å². The van der Waals surface area contributed by atoms with E-state index in [1.807, 2.05) is 0 Å². The standard InChI is InChI=1S/C11H17N3O/c1-2-6-14(7-3-1)11-9-8-12-5-4-10(9)13-15-11/h12H,1-8H2. The Morgan fingerprint density at radius 3 is 2.93 bits per heavy atom. The average Bonchev–Trinajstić information content (AvgIpc) is 2.74. The van der Waals surface area contributed by atoms with Crippen LogP contribution in [0, 0.1) is 0 Å². The van der Waals surface area contributed by atoms with Crippen molar-refractivity contribution in [3.8, 4) is 0 Å². The molecule has 82 valence electrons. The summed E-state index contributed by atoms with van der Waals surface area (Å²) < 4.78 is 5.49. The molecule has 3 heterocycles. The Labute approximate surface area is 89.6 Å². The molecule has 0 atom stereocenters. The summed E-state index contributed by atoms with van der Waals surface area (Å²) in [5, 5.41) is 7.56. The molecule has 0 aromatic carbocycles. The van der Waals surface area contributed by atoms with E-state index in [2.05, 4.69) is 15.4 Å². The fraction of sp³-hybridized carbons (Fsp3) is 0.727. The molecule has 1 N–H and O–H groups in total. The minimum Gasteiger partial charge on any atom is -0.340 e. The van der Waals surface area contributed by atoms with Crippen molar-refractivity contribution in [2.24, 2.45) is 0 Å². The van der Waals surface area contributed by atoms with Gasteiger partial charge in [-0.05, 0) is 19.3 Å². The van der Waals surface area contributed by atoms with Crippen LogP contribution in [0.15, 0.2) is 4.52 Å². The second kappa shape index (κ2) is 3.85. The lowest BCUT2D eigenvalue weighted by molar-refractivity contribution is 0.399. The van der Waals surface area contributed by atoms with Crippen LogP contribution < -0.4 is 10.2 Å². The number of rotatable bonds is 1. The van der Waals surface area contributed by atoms with Gasteiger partial charge in [0, 0.05) is 32.6 Å². The van der Waals surface area contributed by atoms with Gasteiger partial charge in [-0.25, -0.2) is 0 Å². The highest BCUT2D eigenvalue weighted by atomic mass is 16.5. The fourth-order valence-corrected chi connectivity index (χ4v) is 2.47. The van der Waals surface area contributed by atoms with Crippen molar-refractivity contribution in [1.29, 1.82) is 0 Å². The minimum absolute atomic E-state index is 0.921. The Kier molecular flexibility index (Phi) is 2.37. The first-order valence-electron chi connectivity index (χ1n) is 5.88. The second-order valence-corrected chi connectivity index (χ2v) is 4.39. The highest BCUT2D eigenvalue weighted by Gasteiger charge is 2.24. The van der Waals surface area contributed by atoms with Crippen LogP contribution in [-0.4, -0.2) is 24.8 Å². The van der Waals surface area contributed by atoms with Crippen LogP contribution in [0.5, 0.6) is 0 Å². The first-order valence-corrected chi connectivity index (χ1v) is 5.88. The summed E-state index contributed by atoms with van der Waals surface area (Å²) in [5.74, 6) is 1.02. The molecule has 1 aromatic rings. The summed E-state index contributed by atoms with van der Waals surface area (Å²) in [5.41, 5.74) is 2.46. The normalized spacial score (nSPS) is 21.5. The van der Waals surface area contributed by atoms with Crippen molar-refractivity contribution in [3.63, 3.8) is 0 Å². The molecule has 3 rings (SSSR count). The second-order valence-electron chi connectivity index (χ2n) is 4.39. The number of fused-ring (bicyclic) bond motifs is 1. The van der Waals surface area contributed by atoms with Crippen LogP contribution in [0.4, 0.5) is 5.88 Å². The number of nitrogens with one attached hydrogen (secondary N) is 1. The molecule has 0 aliphatic carbocycles. The maximum absolute atomic E-state index is 5.49. The number of hydrogen-bond donors (Lipinski definition) is 1. The van der Waals surface area contributed by atoms with Crippen molar-refractivity contribution < 1.29 is 4.52 Å². The van der Waals surface area contributed by atoms with E-state index in [1.54, 1.807) is 0 Å². The largest absolute Gasteiger partial charge is 0.340 e. The summed E-state index contributed by atoms with van der Waals surface area (Å²) in [4.78, 5) is 2.35. The zero-order chi connectivity index (χ0) is 10.1. The Morgan fingerprint density at radius 1 is 1.20 bits per heavy atom. The lowest BCUT2D eigenvalue weighted by atomic mass is 10.1. The Morgan fingerprint density at radius 2 is 2.07 bits per heavy atom. The third kappa shape index (κ3) is 1.63.